The summed E-state index contributed by atoms with van der Waals surface area (Å²) >= 11 is -2.41. The van der Waals surface area contributed by atoms with Crippen LogP contribution in [0.15, 0.2) is 38.2 Å². The van der Waals surface area contributed by atoms with Crippen molar-refractivity contribution >= 4 is 11.9 Å². The number of halogens is 2. The zero-order valence-corrected chi connectivity index (χ0v) is 26.5. The number of allylic oxidation sites excluding steroid dienone is 4. The molecule has 1 aromatic rings. The van der Waals surface area contributed by atoms with Gasteiger partial charge in [-0.2, -0.15) is 0 Å². The van der Waals surface area contributed by atoms with Crippen molar-refractivity contribution in [2.45, 2.75) is 80.3 Å². The molecule has 1 aromatic carbocycles. The van der Waals surface area contributed by atoms with E-state index in [4.69, 9.17) is 0 Å². The molecule has 1 aliphatic rings. The largest absolute Gasteiger partial charge is 1.00 e. The van der Waals surface area contributed by atoms with Gasteiger partial charge >= 0.3 is 182 Å². The standard InChI is InChI=1S/C13H19NO.C9H13.C2H7Si.2ClH.Hf/c1-8(2)10-6-5-7-11(9(3)4)12(10)13(14)15;1-6-5-7(2)9(4)8(6)3;1-3-2;;;/h5-9H,1-4H3,(H2,14,15);6H,1-4H3;3H,1-2H3;2*1H;/q;;;;;+3/p-3. The molecule has 0 saturated heterocycles. The van der Waals surface area contributed by atoms with Crippen LogP contribution in [0.1, 0.15) is 88.7 Å². The predicted octanol–water partition coefficient (Wildman–Crippen LogP) is 0.448. The van der Waals surface area contributed by atoms with Gasteiger partial charge < -0.3 is 24.8 Å². The summed E-state index contributed by atoms with van der Waals surface area (Å²) in [6.07, 6.45) is 0. The second-order valence-corrected chi connectivity index (χ2v) is 34.5. The van der Waals surface area contributed by atoms with Gasteiger partial charge in [0.25, 0.3) is 0 Å². The summed E-state index contributed by atoms with van der Waals surface area (Å²) in [5.74, 6) is 0.481. The molecular formula is C24H38Cl2HfNOSi. The smallest absolute Gasteiger partial charge is 1.00 e. The summed E-state index contributed by atoms with van der Waals surface area (Å²) in [4.78, 5) is 13.7. The van der Waals surface area contributed by atoms with Gasteiger partial charge in [0.2, 0.25) is 0 Å². The van der Waals surface area contributed by atoms with Crippen LogP contribution in [0.2, 0.25) is 13.1 Å². The van der Waals surface area contributed by atoms with Crippen LogP contribution in [-0.4, -0.2) is 11.9 Å². The van der Waals surface area contributed by atoms with Gasteiger partial charge in [-0.25, -0.2) is 0 Å². The zero-order valence-electron chi connectivity index (χ0n) is 20.2. The van der Waals surface area contributed by atoms with Crippen LogP contribution in [-0.2, 0) is 20.9 Å². The van der Waals surface area contributed by atoms with E-state index < -0.39 is 26.9 Å². The van der Waals surface area contributed by atoms with Crippen molar-refractivity contribution in [3.8, 4) is 0 Å². The molecule has 1 atom stereocenters. The molecule has 0 bridgehead atoms. The minimum absolute atomic E-state index is 0. The van der Waals surface area contributed by atoms with E-state index in [0.717, 1.165) is 5.56 Å². The minimum atomic E-state index is -2.41. The molecule has 6 heteroatoms. The van der Waals surface area contributed by atoms with Crippen molar-refractivity contribution in [2.75, 3.05) is 0 Å². The van der Waals surface area contributed by atoms with Gasteiger partial charge in [0.15, 0.2) is 0 Å². The van der Waals surface area contributed by atoms with Crippen LogP contribution in [0.3, 0.4) is 0 Å². The fourth-order valence-corrected chi connectivity index (χ4v) is 26.3. The molecule has 30 heavy (non-hydrogen) atoms. The summed E-state index contributed by atoms with van der Waals surface area (Å²) in [7, 11) is 0. The van der Waals surface area contributed by atoms with Gasteiger partial charge in [-0.15, -0.1) is 0 Å². The molecule has 167 valence electrons. The molecule has 1 amide bonds. The Kier molecular flexibility index (Phi) is 12.1. The molecule has 0 spiro atoms. The minimum Gasteiger partial charge on any atom is -1.00 e. The zero-order chi connectivity index (χ0) is 21.3. The summed E-state index contributed by atoms with van der Waals surface area (Å²) in [6.45, 7) is 22.8. The van der Waals surface area contributed by atoms with Crippen molar-refractivity contribution in [2.24, 2.45) is 5.92 Å². The van der Waals surface area contributed by atoms with Crippen molar-refractivity contribution in [3.05, 3.63) is 54.9 Å². The Bertz CT molecular complexity index is 804. The monoisotopic (exact) mass is 634 g/mol. The van der Waals surface area contributed by atoms with E-state index in [1.165, 1.54) is 27.8 Å². The molecular weight excluding hydrogens is 596 g/mol. The van der Waals surface area contributed by atoms with E-state index >= 15 is 0 Å². The molecule has 0 aromatic heterocycles. The third-order valence-electron chi connectivity index (χ3n) is 6.36. The van der Waals surface area contributed by atoms with Crippen molar-refractivity contribution in [1.29, 1.82) is 0 Å². The quantitative estimate of drug-likeness (QED) is 0.454. The number of nitrogens with one attached hydrogen (secondary N) is 1. The van der Waals surface area contributed by atoms with Gasteiger partial charge in [0, 0.05) is 0 Å². The number of amides is 1. The fraction of sp³-hybridized carbons (Fsp3) is 0.542. The number of hydrogen-bond donors (Lipinski definition) is 1. The van der Waals surface area contributed by atoms with Gasteiger partial charge in [-0.05, 0) is 0 Å². The van der Waals surface area contributed by atoms with Crippen LogP contribution in [0.4, 0.5) is 0 Å². The van der Waals surface area contributed by atoms with E-state index in [1.54, 1.807) is 3.33 Å². The summed E-state index contributed by atoms with van der Waals surface area (Å²) < 4.78 is 5.37. The summed E-state index contributed by atoms with van der Waals surface area (Å²) in [6, 6.07) is 6.39. The maximum Gasteiger partial charge on any atom is -1.00 e. The van der Waals surface area contributed by atoms with Crippen LogP contribution in [0, 0.1) is 5.92 Å². The molecule has 1 aliphatic carbocycles. The Balaban J connectivity index is 0.00000420. The Labute approximate surface area is 205 Å². The van der Waals surface area contributed by atoms with E-state index in [2.05, 4.69) is 90.0 Å². The predicted molar refractivity (Wildman–Crippen MR) is 121 cm³/mol. The third-order valence-corrected chi connectivity index (χ3v) is 30.5. The molecule has 0 saturated carbocycles. The molecule has 1 unspecified atom stereocenters. The summed E-state index contributed by atoms with van der Waals surface area (Å²) in [5.41, 5.74) is 7.78. The number of hydrogen-bond acceptors (Lipinski definition) is 1. The van der Waals surface area contributed by atoms with Crippen LogP contribution < -0.4 is 28.1 Å². The van der Waals surface area contributed by atoms with Crippen molar-refractivity contribution in [1.82, 2.24) is 3.30 Å². The van der Waals surface area contributed by atoms with Gasteiger partial charge in [0.1, 0.15) is 0 Å². The number of rotatable bonds is 6. The molecule has 0 radical (unpaired) electrons. The molecule has 0 aliphatic heterocycles. The van der Waals surface area contributed by atoms with E-state index in [1.807, 2.05) is 0 Å². The normalized spacial score (nSPS) is 16.2. The first-order chi connectivity index (χ1) is 13.0. The molecule has 1 N–H and O–H groups in total. The molecule has 0 fully saturated rings. The Morgan fingerprint density at radius 3 is 1.77 bits per heavy atom. The maximum absolute atomic E-state index is 13.7. The van der Waals surface area contributed by atoms with E-state index in [0.29, 0.717) is 17.8 Å². The second-order valence-electron chi connectivity index (χ2n) is 9.21. The Morgan fingerprint density at radius 2 is 1.43 bits per heavy atom. The summed E-state index contributed by atoms with van der Waals surface area (Å²) in [5, 5.41) is 0. The third kappa shape index (κ3) is 5.99. The first-order valence-corrected chi connectivity index (χ1v) is 23.4. The second kappa shape index (κ2) is 12.2. The average molecular weight is 634 g/mol. The number of carbonyl (C=O) groups is 1. The van der Waals surface area contributed by atoms with Gasteiger partial charge in [0.05, 0.1) is 0 Å². The van der Waals surface area contributed by atoms with Crippen LogP contribution in [0.25, 0.3) is 0 Å². The molecule has 2 rings (SSSR count). The van der Waals surface area contributed by atoms with Crippen molar-refractivity contribution in [3.63, 3.8) is 0 Å². The van der Waals surface area contributed by atoms with E-state index in [-0.39, 0.29) is 30.7 Å². The van der Waals surface area contributed by atoms with Crippen molar-refractivity contribution < 1.29 is 50.5 Å². The Morgan fingerprint density at radius 1 is 0.967 bits per heavy atom. The SMILES string of the molecule is CC1=C(C)C(C)[C]([Hf+2]([NH]C(=O)c2c(C(C)C)cccc2C(C)C)[SiH](C)C)=C1C.[Cl-].[Cl-]. The van der Waals surface area contributed by atoms with Crippen LogP contribution >= 0.6 is 0 Å². The van der Waals surface area contributed by atoms with Crippen LogP contribution in [0.5, 0.6) is 0 Å². The average Bonchev–Trinajstić information content (AvgIpc) is 2.81. The van der Waals surface area contributed by atoms with Gasteiger partial charge in [-0.1, -0.05) is 0 Å². The van der Waals surface area contributed by atoms with Gasteiger partial charge in [-0.3, -0.25) is 0 Å². The molecule has 2 nitrogen and oxygen atoms in total. The molecule has 0 heterocycles. The first kappa shape index (κ1) is 29.8. The number of benzene rings is 1. The fourth-order valence-electron chi connectivity index (χ4n) is 4.32. The maximum atomic E-state index is 13.7. The Hall–Kier alpha value is -0.163. The number of carbonyl (C=O) groups excluding carboxylic acids is 1. The van der Waals surface area contributed by atoms with E-state index in [9.17, 15) is 4.79 Å². The first-order valence-electron chi connectivity index (χ1n) is 10.7. The topological polar surface area (TPSA) is 29.1 Å².